The fraction of sp³-hybridized carbons (Fsp3) is 0.261. The van der Waals surface area contributed by atoms with Gasteiger partial charge in [0.15, 0.2) is 5.11 Å². The highest BCUT2D eigenvalue weighted by Gasteiger charge is 2.40. The van der Waals surface area contributed by atoms with Crippen LogP contribution in [0.5, 0.6) is 0 Å². The number of aromatic nitrogens is 2. The number of pyridine rings is 1. The molecule has 6 nitrogen and oxygen atoms in total. The highest BCUT2D eigenvalue weighted by molar-refractivity contribution is 7.80. The van der Waals surface area contributed by atoms with Crippen LogP contribution >= 0.6 is 12.2 Å². The van der Waals surface area contributed by atoms with Gasteiger partial charge in [0.2, 0.25) is 5.91 Å². The molecule has 4 rings (SSSR count). The second kappa shape index (κ2) is 8.67. The molecule has 0 radical (unpaired) electrons. The van der Waals surface area contributed by atoms with E-state index in [9.17, 15) is 4.79 Å². The number of amides is 1. The maximum atomic E-state index is 12.6. The summed E-state index contributed by atoms with van der Waals surface area (Å²) in [6.07, 6.45) is 4.15. The van der Waals surface area contributed by atoms with Crippen molar-refractivity contribution in [1.82, 2.24) is 19.8 Å². The Morgan fingerprint density at radius 1 is 1.20 bits per heavy atom. The fourth-order valence-corrected chi connectivity index (χ4v) is 4.25. The van der Waals surface area contributed by atoms with Gasteiger partial charge >= 0.3 is 0 Å². The van der Waals surface area contributed by atoms with Crippen molar-refractivity contribution < 1.29 is 4.79 Å². The van der Waals surface area contributed by atoms with Crippen LogP contribution in [0.15, 0.2) is 67.0 Å². The summed E-state index contributed by atoms with van der Waals surface area (Å²) in [7, 11) is 2.02. The van der Waals surface area contributed by atoms with Crippen LogP contribution in [0.4, 0.5) is 5.69 Å². The Kier molecular flexibility index (Phi) is 5.81. The van der Waals surface area contributed by atoms with Crippen LogP contribution in [0, 0.1) is 6.92 Å². The summed E-state index contributed by atoms with van der Waals surface area (Å²) in [5, 5.41) is 7.03. The van der Waals surface area contributed by atoms with E-state index in [2.05, 4.69) is 31.2 Å². The lowest BCUT2D eigenvalue weighted by molar-refractivity contribution is -0.116. The summed E-state index contributed by atoms with van der Waals surface area (Å²) in [6, 6.07) is 17.7. The van der Waals surface area contributed by atoms with Gasteiger partial charge in [-0.05, 0) is 61.1 Å². The number of aryl methyl sites for hydroxylation is 2. The molecule has 1 saturated heterocycles. The van der Waals surface area contributed by atoms with Gasteiger partial charge in [-0.15, -0.1) is 0 Å². The molecule has 2 aromatic heterocycles. The Morgan fingerprint density at radius 2 is 2.07 bits per heavy atom. The lowest BCUT2D eigenvalue weighted by Gasteiger charge is -2.28. The van der Waals surface area contributed by atoms with Crippen LogP contribution in [0.1, 0.15) is 35.5 Å². The Hall–Kier alpha value is -3.19. The quantitative estimate of drug-likeness (QED) is 0.596. The van der Waals surface area contributed by atoms with Crippen molar-refractivity contribution in [1.29, 1.82) is 0 Å². The first kappa shape index (κ1) is 20.1. The first-order valence-electron chi connectivity index (χ1n) is 9.99. The molecular weight excluding hydrogens is 394 g/mol. The molecule has 0 spiro atoms. The molecule has 0 bridgehead atoms. The standard InChI is InChI=1S/C23H25N5OS/c1-16-7-5-8-17(15-16)25-20(29)11-14-28-22(19-10-6-13-27(19)2)21(26-23(28)30)18-9-3-4-12-24-18/h3-10,12-13,15,21-22H,11,14H2,1-2H3,(H,25,29)(H,26,30)/t21-,22+/m0/s1. The zero-order valence-electron chi connectivity index (χ0n) is 17.1. The van der Waals surface area contributed by atoms with Crippen LogP contribution in [0.3, 0.4) is 0 Å². The van der Waals surface area contributed by atoms with Crippen molar-refractivity contribution in [2.45, 2.75) is 25.4 Å². The highest BCUT2D eigenvalue weighted by Crippen LogP contribution is 2.38. The summed E-state index contributed by atoms with van der Waals surface area (Å²) >= 11 is 5.66. The van der Waals surface area contributed by atoms with Crippen LogP contribution < -0.4 is 10.6 Å². The number of anilines is 1. The van der Waals surface area contributed by atoms with Crippen LogP contribution in [-0.4, -0.2) is 32.0 Å². The van der Waals surface area contributed by atoms with Crippen LogP contribution in [0.2, 0.25) is 0 Å². The maximum Gasteiger partial charge on any atom is 0.226 e. The molecule has 0 unspecified atom stereocenters. The third-order valence-corrected chi connectivity index (χ3v) is 5.72. The van der Waals surface area contributed by atoms with Gasteiger partial charge in [-0.3, -0.25) is 9.78 Å². The van der Waals surface area contributed by atoms with Gasteiger partial charge in [0.05, 0.1) is 17.8 Å². The van der Waals surface area contributed by atoms with Crippen molar-refractivity contribution in [3.05, 3.63) is 83.9 Å². The number of nitrogens with zero attached hydrogens (tertiary/aromatic N) is 3. The Bertz CT molecular complexity index is 1050. The highest BCUT2D eigenvalue weighted by atomic mass is 32.1. The van der Waals surface area contributed by atoms with Crippen molar-refractivity contribution >= 4 is 28.9 Å². The topological polar surface area (TPSA) is 62.2 Å². The number of benzene rings is 1. The van der Waals surface area contributed by atoms with Crippen molar-refractivity contribution in [3.63, 3.8) is 0 Å². The Balaban J connectivity index is 1.52. The van der Waals surface area contributed by atoms with E-state index in [-0.39, 0.29) is 18.0 Å². The number of nitrogens with one attached hydrogen (secondary N) is 2. The SMILES string of the molecule is Cc1cccc(NC(=O)CCN2C(=S)N[C@@H](c3ccccn3)[C@H]2c2cccn2C)c1. The number of thiocarbonyl (C=S) groups is 1. The van der Waals surface area contributed by atoms with Gasteiger partial charge < -0.3 is 20.1 Å². The fourth-order valence-electron chi connectivity index (χ4n) is 3.92. The predicted molar refractivity (Wildman–Crippen MR) is 122 cm³/mol. The molecule has 1 aliphatic rings. The second-order valence-electron chi connectivity index (χ2n) is 7.53. The second-order valence-corrected chi connectivity index (χ2v) is 7.92. The molecule has 7 heteroatoms. The van der Waals surface area contributed by atoms with Gasteiger partial charge in [-0.2, -0.15) is 0 Å². The number of carbonyl (C=O) groups is 1. The molecule has 2 atom stereocenters. The molecular formula is C23H25N5OS. The molecule has 3 heterocycles. The van der Waals surface area contributed by atoms with Gasteiger partial charge in [-0.1, -0.05) is 18.2 Å². The normalized spacial score (nSPS) is 18.3. The molecule has 1 aliphatic heterocycles. The minimum absolute atomic E-state index is 0.0321. The number of hydrogen-bond donors (Lipinski definition) is 2. The number of rotatable bonds is 6. The predicted octanol–water partition coefficient (Wildman–Crippen LogP) is 3.73. The van der Waals surface area contributed by atoms with Crippen LogP contribution in [0.25, 0.3) is 0 Å². The van der Waals surface area contributed by atoms with E-state index in [1.54, 1.807) is 6.20 Å². The van der Waals surface area contributed by atoms with Crippen molar-refractivity contribution in [3.8, 4) is 0 Å². The summed E-state index contributed by atoms with van der Waals surface area (Å²) in [5.41, 5.74) is 3.97. The molecule has 1 fully saturated rings. The average Bonchev–Trinajstić information content (AvgIpc) is 3.29. The van der Waals surface area contributed by atoms with Crippen LogP contribution in [-0.2, 0) is 11.8 Å². The molecule has 30 heavy (non-hydrogen) atoms. The first-order chi connectivity index (χ1) is 14.5. The van der Waals surface area contributed by atoms with E-state index >= 15 is 0 Å². The maximum absolute atomic E-state index is 12.6. The van der Waals surface area contributed by atoms with Gasteiger partial charge in [0.1, 0.15) is 0 Å². The molecule has 1 aromatic carbocycles. The summed E-state index contributed by atoms with van der Waals surface area (Å²) < 4.78 is 2.09. The van der Waals surface area contributed by atoms with Gasteiger partial charge in [-0.25, -0.2) is 0 Å². The number of carbonyl (C=O) groups excluding carboxylic acids is 1. The van der Waals surface area contributed by atoms with E-state index < -0.39 is 0 Å². The minimum atomic E-state index is -0.0767. The first-order valence-corrected chi connectivity index (χ1v) is 10.4. The molecule has 0 saturated carbocycles. The Morgan fingerprint density at radius 3 is 2.77 bits per heavy atom. The largest absolute Gasteiger partial charge is 0.353 e. The lowest BCUT2D eigenvalue weighted by Crippen LogP contribution is -2.33. The average molecular weight is 420 g/mol. The smallest absolute Gasteiger partial charge is 0.226 e. The van der Waals surface area contributed by atoms with Crippen molar-refractivity contribution in [2.24, 2.45) is 7.05 Å². The van der Waals surface area contributed by atoms with E-state index in [1.165, 1.54) is 0 Å². The zero-order chi connectivity index (χ0) is 21.1. The minimum Gasteiger partial charge on any atom is -0.353 e. The molecule has 3 aromatic rings. The molecule has 0 aliphatic carbocycles. The van der Waals surface area contributed by atoms with E-state index in [4.69, 9.17) is 12.2 Å². The third kappa shape index (κ3) is 4.21. The van der Waals surface area contributed by atoms with Gasteiger partial charge in [0.25, 0.3) is 0 Å². The summed E-state index contributed by atoms with van der Waals surface area (Å²) in [6.45, 7) is 2.52. The monoisotopic (exact) mass is 419 g/mol. The molecule has 2 N–H and O–H groups in total. The Labute approximate surface area is 181 Å². The van der Waals surface area contributed by atoms with Gasteiger partial charge in [0, 0.05) is 43.8 Å². The lowest BCUT2D eigenvalue weighted by atomic mass is 10.0. The van der Waals surface area contributed by atoms with E-state index in [1.807, 2.05) is 68.7 Å². The van der Waals surface area contributed by atoms with E-state index in [0.29, 0.717) is 18.1 Å². The third-order valence-electron chi connectivity index (χ3n) is 5.37. The van der Waals surface area contributed by atoms with E-state index in [0.717, 1.165) is 22.6 Å². The number of hydrogen-bond acceptors (Lipinski definition) is 3. The van der Waals surface area contributed by atoms with Crippen molar-refractivity contribution in [2.75, 3.05) is 11.9 Å². The molecule has 154 valence electrons. The molecule has 1 amide bonds. The zero-order valence-corrected chi connectivity index (χ0v) is 17.9. The summed E-state index contributed by atoms with van der Waals surface area (Å²) in [4.78, 5) is 19.2. The summed E-state index contributed by atoms with van der Waals surface area (Å²) in [5.74, 6) is -0.0321.